The summed E-state index contributed by atoms with van der Waals surface area (Å²) in [5, 5.41) is 12.3. The number of aliphatic hydroxyl groups excluding tert-OH is 1. The van der Waals surface area contributed by atoms with Crippen LogP contribution in [0, 0.1) is 5.92 Å². The van der Waals surface area contributed by atoms with Crippen LogP contribution in [0.5, 0.6) is 0 Å². The van der Waals surface area contributed by atoms with E-state index in [4.69, 9.17) is 0 Å². The topological polar surface area (TPSA) is 65.5 Å². The molecule has 5 heteroatoms. The van der Waals surface area contributed by atoms with E-state index >= 15 is 0 Å². The van der Waals surface area contributed by atoms with Crippen LogP contribution in [-0.2, 0) is 0 Å². The summed E-state index contributed by atoms with van der Waals surface area (Å²) < 4.78 is 0. The molecule has 1 fully saturated rings. The molecule has 5 nitrogen and oxygen atoms in total. The van der Waals surface area contributed by atoms with Crippen LogP contribution in [0.2, 0.25) is 0 Å². The first kappa shape index (κ1) is 12.8. The predicted molar refractivity (Wildman–Crippen MR) is 69.5 cm³/mol. The van der Waals surface area contributed by atoms with Gasteiger partial charge in [-0.1, -0.05) is 6.92 Å². The van der Waals surface area contributed by atoms with Crippen molar-refractivity contribution >= 4 is 11.7 Å². The lowest BCUT2D eigenvalue weighted by Gasteiger charge is -2.25. The number of rotatable bonds is 3. The minimum Gasteiger partial charge on any atom is -0.394 e. The van der Waals surface area contributed by atoms with Crippen LogP contribution in [0.1, 0.15) is 23.7 Å². The maximum absolute atomic E-state index is 12.4. The maximum Gasteiger partial charge on any atom is 0.254 e. The van der Waals surface area contributed by atoms with Crippen molar-refractivity contribution in [3.63, 3.8) is 0 Å². The van der Waals surface area contributed by atoms with Crippen molar-refractivity contribution in [2.24, 2.45) is 5.92 Å². The molecule has 2 atom stereocenters. The quantitative estimate of drug-likeness (QED) is 0.837. The van der Waals surface area contributed by atoms with Gasteiger partial charge in [0, 0.05) is 25.4 Å². The second-order valence-corrected chi connectivity index (χ2v) is 4.69. The molecule has 2 N–H and O–H groups in total. The monoisotopic (exact) mass is 249 g/mol. The van der Waals surface area contributed by atoms with E-state index in [0.717, 1.165) is 6.42 Å². The number of amides is 1. The van der Waals surface area contributed by atoms with E-state index in [1.165, 1.54) is 0 Å². The van der Waals surface area contributed by atoms with Gasteiger partial charge >= 0.3 is 0 Å². The number of carbonyl (C=O) groups excluding carboxylic acids is 1. The highest BCUT2D eigenvalue weighted by Gasteiger charge is 2.34. The Bertz CT molecular complexity index is 436. The van der Waals surface area contributed by atoms with Gasteiger partial charge in [-0.25, -0.2) is 4.98 Å². The number of nitrogens with zero attached hydrogens (tertiary/aromatic N) is 2. The first-order valence-electron chi connectivity index (χ1n) is 6.23. The Morgan fingerprint density at radius 2 is 2.44 bits per heavy atom. The zero-order chi connectivity index (χ0) is 13.1. The zero-order valence-electron chi connectivity index (χ0n) is 10.8. The first-order chi connectivity index (χ1) is 8.67. The Morgan fingerprint density at radius 1 is 1.67 bits per heavy atom. The lowest BCUT2D eigenvalue weighted by Crippen LogP contribution is -2.39. The average molecular weight is 249 g/mol. The molecule has 1 aromatic heterocycles. The molecule has 1 aliphatic rings. The van der Waals surface area contributed by atoms with E-state index in [-0.39, 0.29) is 18.6 Å². The molecule has 0 aliphatic carbocycles. The van der Waals surface area contributed by atoms with Crippen molar-refractivity contribution in [2.45, 2.75) is 19.4 Å². The standard InChI is InChI=1S/C13H19N3O2/c1-9-4-6-16(11(9)8-17)13(18)10-3-5-15-12(7-10)14-2/h3,5,7,9,11,17H,4,6,8H2,1-2H3,(H,14,15). The van der Waals surface area contributed by atoms with Crippen molar-refractivity contribution in [3.8, 4) is 0 Å². The lowest BCUT2D eigenvalue weighted by atomic mass is 10.0. The molecule has 2 rings (SSSR count). The van der Waals surface area contributed by atoms with Crippen LogP contribution in [0.25, 0.3) is 0 Å². The molecule has 1 saturated heterocycles. The third kappa shape index (κ3) is 2.31. The third-order valence-corrected chi connectivity index (χ3v) is 3.59. The molecule has 0 bridgehead atoms. The van der Waals surface area contributed by atoms with E-state index in [9.17, 15) is 9.90 Å². The fraction of sp³-hybridized carbons (Fsp3) is 0.538. The Kier molecular flexibility index (Phi) is 3.81. The van der Waals surface area contributed by atoms with Crippen LogP contribution in [0.3, 0.4) is 0 Å². The van der Waals surface area contributed by atoms with Gasteiger partial charge in [0.25, 0.3) is 5.91 Å². The first-order valence-corrected chi connectivity index (χ1v) is 6.23. The number of hydrogen-bond donors (Lipinski definition) is 2. The van der Waals surface area contributed by atoms with Crippen LogP contribution >= 0.6 is 0 Å². The van der Waals surface area contributed by atoms with Gasteiger partial charge in [-0.15, -0.1) is 0 Å². The minimum atomic E-state index is -0.0660. The van der Waals surface area contributed by atoms with Gasteiger partial charge in [0.2, 0.25) is 0 Å². The van der Waals surface area contributed by atoms with E-state index in [2.05, 4.69) is 17.2 Å². The number of carbonyl (C=O) groups is 1. The Morgan fingerprint density at radius 3 is 3.11 bits per heavy atom. The van der Waals surface area contributed by atoms with Gasteiger partial charge in [-0.2, -0.15) is 0 Å². The summed E-state index contributed by atoms with van der Waals surface area (Å²) in [5.41, 5.74) is 0.613. The third-order valence-electron chi connectivity index (χ3n) is 3.59. The average Bonchev–Trinajstić information content (AvgIpc) is 2.79. The Labute approximate surface area is 107 Å². The SMILES string of the molecule is CNc1cc(C(=O)N2CCC(C)C2CO)ccn1. The smallest absolute Gasteiger partial charge is 0.254 e. The maximum atomic E-state index is 12.4. The summed E-state index contributed by atoms with van der Waals surface area (Å²) in [5.74, 6) is 0.996. The van der Waals surface area contributed by atoms with Gasteiger partial charge in [-0.05, 0) is 24.5 Å². The van der Waals surface area contributed by atoms with Crippen LogP contribution < -0.4 is 5.32 Å². The number of aromatic nitrogens is 1. The van der Waals surface area contributed by atoms with E-state index < -0.39 is 0 Å². The molecule has 98 valence electrons. The molecular weight excluding hydrogens is 230 g/mol. The fourth-order valence-electron chi connectivity index (χ4n) is 2.40. The van der Waals surface area contributed by atoms with E-state index in [0.29, 0.717) is 23.8 Å². The lowest BCUT2D eigenvalue weighted by molar-refractivity contribution is 0.0648. The second kappa shape index (κ2) is 5.35. The van der Waals surface area contributed by atoms with Crippen molar-refractivity contribution < 1.29 is 9.90 Å². The highest BCUT2D eigenvalue weighted by Crippen LogP contribution is 2.25. The molecule has 18 heavy (non-hydrogen) atoms. The molecule has 2 unspecified atom stereocenters. The molecule has 0 saturated carbocycles. The minimum absolute atomic E-state index is 0.0247. The van der Waals surface area contributed by atoms with Gasteiger partial charge in [0.15, 0.2) is 0 Å². The van der Waals surface area contributed by atoms with Crippen LogP contribution in [0.15, 0.2) is 18.3 Å². The second-order valence-electron chi connectivity index (χ2n) is 4.69. The summed E-state index contributed by atoms with van der Waals surface area (Å²) in [6.07, 6.45) is 2.56. The van der Waals surface area contributed by atoms with Gasteiger partial charge < -0.3 is 15.3 Å². The van der Waals surface area contributed by atoms with Crippen molar-refractivity contribution in [3.05, 3.63) is 23.9 Å². The summed E-state index contributed by atoms with van der Waals surface area (Å²) in [7, 11) is 1.77. The van der Waals surface area contributed by atoms with Gasteiger partial charge in [-0.3, -0.25) is 4.79 Å². The molecule has 0 radical (unpaired) electrons. The van der Waals surface area contributed by atoms with E-state index in [1.54, 1.807) is 30.3 Å². The molecule has 2 heterocycles. The fourth-order valence-corrected chi connectivity index (χ4v) is 2.40. The predicted octanol–water partition coefficient (Wildman–Crippen LogP) is 0.966. The number of pyridine rings is 1. The summed E-state index contributed by atoms with van der Waals surface area (Å²) in [4.78, 5) is 18.2. The van der Waals surface area contributed by atoms with Crippen LogP contribution in [-0.4, -0.2) is 47.1 Å². The molecule has 0 spiro atoms. The molecule has 0 aromatic carbocycles. The van der Waals surface area contributed by atoms with E-state index in [1.807, 2.05) is 0 Å². The molecule has 1 amide bonds. The highest BCUT2D eigenvalue weighted by molar-refractivity contribution is 5.95. The van der Waals surface area contributed by atoms with Gasteiger partial charge in [0.1, 0.15) is 5.82 Å². The molecular formula is C13H19N3O2. The summed E-state index contributed by atoms with van der Waals surface area (Å²) >= 11 is 0. The highest BCUT2D eigenvalue weighted by atomic mass is 16.3. The van der Waals surface area contributed by atoms with Crippen molar-refractivity contribution in [2.75, 3.05) is 25.5 Å². The normalized spacial score (nSPS) is 23.2. The zero-order valence-corrected chi connectivity index (χ0v) is 10.8. The Hall–Kier alpha value is -1.62. The molecule has 1 aliphatic heterocycles. The number of anilines is 1. The number of aliphatic hydroxyl groups is 1. The van der Waals surface area contributed by atoms with Crippen molar-refractivity contribution in [1.82, 2.24) is 9.88 Å². The summed E-state index contributed by atoms with van der Waals surface area (Å²) in [6.45, 7) is 2.80. The van der Waals surface area contributed by atoms with Crippen LogP contribution in [0.4, 0.5) is 5.82 Å². The largest absolute Gasteiger partial charge is 0.394 e. The number of likely N-dealkylation sites (tertiary alicyclic amines) is 1. The van der Waals surface area contributed by atoms with Gasteiger partial charge in [0.05, 0.1) is 12.6 Å². The van der Waals surface area contributed by atoms with Crippen molar-refractivity contribution in [1.29, 1.82) is 0 Å². The Balaban J connectivity index is 2.20. The number of hydrogen-bond acceptors (Lipinski definition) is 4. The molecule has 1 aromatic rings. The number of nitrogens with one attached hydrogen (secondary N) is 1. The summed E-state index contributed by atoms with van der Waals surface area (Å²) in [6, 6.07) is 3.38.